The van der Waals surface area contributed by atoms with Crippen LogP contribution in [0.4, 0.5) is 0 Å². The topological polar surface area (TPSA) is 58.6 Å². The maximum atomic E-state index is 10.6. The number of aliphatic carboxylic acids is 1. The molecule has 1 fully saturated rings. The molecule has 0 aromatic carbocycles. The summed E-state index contributed by atoms with van der Waals surface area (Å²) in [6, 6.07) is 0.150. The molecule has 1 rings (SSSR count). The van der Waals surface area contributed by atoms with Crippen molar-refractivity contribution in [2.75, 3.05) is 19.8 Å². The molecule has 0 amide bonds. The Morgan fingerprint density at radius 2 is 2.29 bits per heavy atom. The number of carboxylic acids is 1. The standard InChI is InChI=1S/C9H17NO3.ClH/c1-9(2,5-8(11)12)7-6-13-4-3-10-7;/h7,10H,3-6H2,1-2H3,(H,11,12);1H. The molecule has 0 saturated carbocycles. The number of rotatable bonds is 3. The van der Waals surface area contributed by atoms with Crippen LogP contribution in [0.15, 0.2) is 0 Å². The van der Waals surface area contributed by atoms with Crippen molar-refractivity contribution in [3.63, 3.8) is 0 Å². The first-order valence-electron chi connectivity index (χ1n) is 4.55. The molecule has 1 heterocycles. The van der Waals surface area contributed by atoms with E-state index in [9.17, 15) is 4.79 Å². The lowest BCUT2D eigenvalue weighted by atomic mass is 9.81. The van der Waals surface area contributed by atoms with Crippen LogP contribution >= 0.6 is 12.4 Å². The van der Waals surface area contributed by atoms with E-state index in [0.717, 1.165) is 13.2 Å². The lowest BCUT2D eigenvalue weighted by Crippen LogP contribution is -2.50. The summed E-state index contributed by atoms with van der Waals surface area (Å²) in [6.45, 7) is 6.05. The summed E-state index contributed by atoms with van der Waals surface area (Å²) in [4.78, 5) is 10.6. The van der Waals surface area contributed by atoms with Crippen LogP contribution in [-0.2, 0) is 9.53 Å². The van der Waals surface area contributed by atoms with E-state index in [1.807, 2.05) is 13.8 Å². The second-order valence-corrected chi connectivity index (χ2v) is 4.14. The number of nitrogens with one attached hydrogen (secondary N) is 1. The van der Waals surface area contributed by atoms with Crippen molar-refractivity contribution in [2.24, 2.45) is 5.41 Å². The van der Waals surface area contributed by atoms with Gasteiger partial charge in [0.15, 0.2) is 0 Å². The Morgan fingerprint density at radius 1 is 1.64 bits per heavy atom. The van der Waals surface area contributed by atoms with Crippen LogP contribution in [0.3, 0.4) is 0 Å². The van der Waals surface area contributed by atoms with E-state index in [1.54, 1.807) is 0 Å². The summed E-state index contributed by atoms with van der Waals surface area (Å²) in [7, 11) is 0. The van der Waals surface area contributed by atoms with Crippen molar-refractivity contribution in [1.29, 1.82) is 0 Å². The molecule has 1 aliphatic rings. The highest BCUT2D eigenvalue weighted by molar-refractivity contribution is 5.85. The molecule has 0 spiro atoms. The van der Waals surface area contributed by atoms with Crippen molar-refractivity contribution >= 4 is 18.4 Å². The van der Waals surface area contributed by atoms with Gasteiger partial charge in [-0.1, -0.05) is 13.8 Å². The zero-order valence-corrected chi connectivity index (χ0v) is 9.39. The molecule has 0 aromatic heterocycles. The van der Waals surface area contributed by atoms with Crippen LogP contribution in [0.25, 0.3) is 0 Å². The summed E-state index contributed by atoms with van der Waals surface area (Å²) in [6.07, 6.45) is 0.175. The van der Waals surface area contributed by atoms with E-state index >= 15 is 0 Å². The zero-order chi connectivity index (χ0) is 9.90. The number of carbonyl (C=O) groups is 1. The molecule has 14 heavy (non-hydrogen) atoms. The number of ether oxygens (including phenoxy) is 1. The maximum absolute atomic E-state index is 10.6. The lowest BCUT2D eigenvalue weighted by molar-refractivity contribution is -0.140. The fraction of sp³-hybridized carbons (Fsp3) is 0.889. The number of morpholine rings is 1. The summed E-state index contributed by atoms with van der Waals surface area (Å²) in [5.74, 6) is -0.752. The van der Waals surface area contributed by atoms with Crippen LogP contribution in [0, 0.1) is 5.41 Å². The van der Waals surface area contributed by atoms with E-state index < -0.39 is 5.97 Å². The lowest BCUT2D eigenvalue weighted by Gasteiger charge is -2.36. The minimum Gasteiger partial charge on any atom is -0.481 e. The van der Waals surface area contributed by atoms with Crippen LogP contribution in [0.2, 0.25) is 0 Å². The van der Waals surface area contributed by atoms with Crippen molar-refractivity contribution in [2.45, 2.75) is 26.3 Å². The first-order chi connectivity index (χ1) is 6.02. The SMILES string of the molecule is CC(C)(CC(=O)O)C1COCCN1.Cl. The van der Waals surface area contributed by atoms with E-state index in [1.165, 1.54) is 0 Å². The molecule has 2 N–H and O–H groups in total. The molecule has 1 saturated heterocycles. The zero-order valence-electron chi connectivity index (χ0n) is 8.58. The van der Waals surface area contributed by atoms with Crippen LogP contribution in [0.1, 0.15) is 20.3 Å². The minimum absolute atomic E-state index is 0. The summed E-state index contributed by atoms with van der Waals surface area (Å²) < 4.78 is 5.29. The molecular weight excluding hydrogens is 206 g/mol. The van der Waals surface area contributed by atoms with Gasteiger partial charge in [0.2, 0.25) is 0 Å². The Morgan fingerprint density at radius 3 is 2.71 bits per heavy atom. The number of hydrogen-bond donors (Lipinski definition) is 2. The Balaban J connectivity index is 0.00000169. The van der Waals surface area contributed by atoms with Gasteiger partial charge in [0.25, 0.3) is 0 Å². The molecule has 0 aromatic rings. The Kier molecular flexibility index (Phi) is 5.41. The first-order valence-corrected chi connectivity index (χ1v) is 4.55. The van der Waals surface area contributed by atoms with Gasteiger partial charge in [-0.25, -0.2) is 0 Å². The van der Waals surface area contributed by atoms with Crippen molar-refractivity contribution < 1.29 is 14.6 Å². The van der Waals surface area contributed by atoms with Gasteiger partial charge in [-0.05, 0) is 5.41 Å². The van der Waals surface area contributed by atoms with Crippen LogP contribution < -0.4 is 5.32 Å². The summed E-state index contributed by atoms with van der Waals surface area (Å²) >= 11 is 0. The average molecular weight is 224 g/mol. The average Bonchev–Trinajstić information content (AvgIpc) is 2.04. The Hall–Kier alpha value is -0.320. The van der Waals surface area contributed by atoms with Crippen LogP contribution in [-0.4, -0.2) is 36.9 Å². The fourth-order valence-electron chi connectivity index (χ4n) is 1.58. The Labute approximate surface area is 90.4 Å². The molecule has 84 valence electrons. The molecule has 1 aliphatic heterocycles. The predicted molar refractivity (Wildman–Crippen MR) is 55.9 cm³/mol. The second kappa shape index (κ2) is 5.53. The third-order valence-corrected chi connectivity index (χ3v) is 2.47. The highest BCUT2D eigenvalue weighted by atomic mass is 35.5. The number of halogens is 1. The molecule has 0 radical (unpaired) electrons. The van der Waals surface area contributed by atoms with E-state index in [-0.39, 0.29) is 30.3 Å². The largest absolute Gasteiger partial charge is 0.481 e. The third-order valence-electron chi connectivity index (χ3n) is 2.47. The van der Waals surface area contributed by atoms with Gasteiger partial charge >= 0.3 is 5.97 Å². The van der Waals surface area contributed by atoms with E-state index in [4.69, 9.17) is 9.84 Å². The van der Waals surface area contributed by atoms with Crippen molar-refractivity contribution in [1.82, 2.24) is 5.32 Å². The molecule has 1 unspecified atom stereocenters. The van der Waals surface area contributed by atoms with E-state index in [2.05, 4.69) is 5.32 Å². The van der Waals surface area contributed by atoms with Gasteiger partial charge < -0.3 is 15.2 Å². The quantitative estimate of drug-likeness (QED) is 0.747. The van der Waals surface area contributed by atoms with Gasteiger partial charge in [0, 0.05) is 12.6 Å². The number of carboxylic acid groups (broad SMARTS) is 1. The van der Waals surface area contributed by atoms with Gasteiger partial charge in [-0.2, -0.15) is 0 Å². The molecule has 0 bridgehead atoms. The third kappa shape index (κ3) is 3.82. The summed E-state index contributed by atoms with van der Waals surface area (Å²) in [5.41, 5.74) is -0.244. The van der Waals surface area contributed by atoms with Gasteiger partial charge in [0.05, 0.1) is 19.6 Å². The first kappa shape index (κ1) is 13.7. The van der Waals surface area contributed by atoms with Gasteiger partial charge in [-0.3, -0.25) is 4.79 Å². The highest BCUT2D eigenvalue weighted by Gasteiger charge is 2.32. The van der Waals surface area contributed by atoms with Crippen LogP contribution in [0.5, 0.6) is 0 Å². The molecule has 1 atom stereocenters. The van der Waals surface area contributed by atoms with Gasteiger partial charge in [-0.15, -0.1) is 12.4 Å². The summed E-state index contributed by atoms with van der Waals surface area (Å²) in [5, 5.41) is 12.0. The maximum Gasteiger partial charge on any atom is 0.303 e. The molecule has 0 aliphatic carbocycles. The van der Waals surface area contributed by atoms with Crippen molar-refractivity contribution in [3.05, 3.63) is 0 Å². The molecule has 5 heteroatoms. The normalized spacial score (nSPS) is 22.6. The Bertz CT molecular complexity index is 190. The fourth-order valence-corrected chi connectivity index (χ4v) is 1.58. The second-order valence-electron chi connectivity index (χ2n) is 4.14. The highest BCUT2D eigenvalue weighted by Crippen LogP contribution is 2.26. The monoisotopic (exact) mass is 223 g/mol. The minimum atomic E-state index is -0.752. The van der Waals surface area contributed by atoms with Crippen molar-refractivity contribution in [3.8, 4) is 0 Å². The smallest absolute Gasteiger partial charge is 0.303 e. The molecule has 4 nitrogen and oxygen atoms in total. The predicted octanol–water partition coefficient (Wildman–Crippen LogP) is 0.897. The number of hydrogen-bond acceptors (Lipinski definition) is 3. The van der Waals surface area contributed by atoms with E-state index in [0.29, 0.717) is 6.61 Å². The van der Waals surface area contributed by atoms with Gasteiger partial charge in [0.1, 0.15) is 0 Å². The molecular formula is C9H18ClNO3.